The lowest BCUT2D eigenvalue weighted by Crippen LogP contribution is -2.11. The third-order valence-electron chi connectivity index (χ3n) is 3.28. The molecule has 0 aliphatic heterocycles. The van der Waals surface area contributed by atoms with Crippen molar-refractivity contribution in [2.75, 3.05) is 5.75 Å². The zero-order chi connectivity index (χ0) is 14.2. The Labute approximate surface area is 126 Å². The Morgan fingerprint density at radius 2 is 1.40 bits per heavy atom. The summed E-state index contributed by atoms with van der Waals surface area (Å²) in [7, 11) is 0. The fourth-order valence-electron chi connectivity index (χ4n) is 2.26. The molecule has 0 aromatic heterocycles. The normalized spacial score (nSPS) is 12.6. The summed E-state index contributed by atoms with van der Waals surface area (Å²) >= 11 is 1.83. The Morgan fingerprint density at radius 1 is 0.900 bits per heavy atom. The summed E-state index contributed by atoms with van der Waals surface area (Å²) in [5, 5.41) is 10.3. The van der Waals surface area contributed by atoms with Gasteiger partial charge >= 0.3 is 0 Å². The molecule has 0 aliphatic carbocycles. The monoisotopic (exact) mass is 286 g/mol. The van der Waals surface area contributed by atoms with E-state index in [1.54, 1.807) is 0 Å². The summed E-state index contributed by atoms with van der Waals surface area (Å²) in [6.45, 7) is 2.11. The second-order valence-electron chi connectivity index (χ2n) is 4.98. The molecular weight excluding hydrogens is 264 g/mol. The summed E-state index contributed by atoms with van der Waals surface area (Å²) in [5.41, 5.74) is 2.60. The van der Waals surface area contributed by atoms with Crippen molar-refractivity contribution in [3.8, 4) is 0 Å². The van der Waals surface area contributed by atoms with Crippen molar-refractivity contribution >= 4 is 11.8 Å². The van der Waals surface area contributed by atoms with Crippen LogP contribution in [0.2, 0.25) is 0 Å². The van der Waals surface area contributed by atoms with E-state index in [-0.39, 0.29) is 6.10 Å². The lowest BCUT2D eigenvalue weighted by molar-refractivity contribution is 0.188. The molecule has 0 heterocycles. The highest BCUT2D eigenvalue weighted by Crippen LogP contribution is 2.36. The molecule has 1 unspecified atom stereocenters. The van der Waals surface area contributed by atoms with Crippen LogP contribution in [0.4, 0.5) is 0 Å². The predicted molar refractivity (Wildman–Crippen MR) is 88.1 cm³/mol. The summed E-state index contributed by atoms with van der Waals surface area (Å²) < 4.78 is 0. The molecule has 20 heavy (non-hydrogen) atoms. The maximum atomic E-state index is 9.97. The second kappa shape index (κ2) is 8.13. The first kappa shape index (κ1) is 15.1. The molecule has 0 fully saturated rings. The Balaban J connectivity index is 2.13. The molecular formula is C18H22OS. The van der Waals surface area contributed by atoms with Crippen LogP contribution in [0, 0.1) is 0 Å². The largest absolute Gasteiger partial charge is 0.392 e. The van der Waals surface area contributed by atoms with Gasteiger partial charge in [-0.15, -0.1) is 11.8 Å². The van der Waals surface area contributed by atoms with E-state index in [4.69, 9.17) is 0 Å². The van der Waals surface area contributed by atoms with Crippen LogP contribution < -0.4 is 0 Å². The van der Waals surface area contributed by atoms with Crippen LogP contribution in [0.3, 0.4) is 0 Å². The molecule has 106 valence electrons. The summed E-state index contributed by atoms with van der Waals surface area (Å²) in [6, 6.07) is 21.1. The van der Waals surface area contributed by atoms with Crippen molar-refractivity contribution in [3.05, 3.63) is 71.8 Å². The van der Waals surface area contributed by atoms with Gasteiger partial charge in [-0.2, -0.15) is 0 Å². The van der Waals surface area contributed by atoms with Gasteiger partial charge in [0.25, 0.3) is 0 Å². The molecule has 2 aromatic rings. The highest BCUT2D eigenvalue weighted by molar-refractivity contribution is 7.99. The van der Waals surface area contributed by atoms with Crippen molar-refractivity contribution in [3.63, 3.8) is 0 Å². The smallest absolute Gasteiger partial charge is 0.0630 e. The number of hydrogen-bond acceptors (Lipinski definition) is 2. The maximum absolute atomic E-state index is 9.97. The Bertz CT molecular complexity index is 444. The molecule has 2 heteroatoms. The summed E-state index contributed by atoms with van der Waals surface area (Å²) in [6.07, 6.45) is 1.70. The quantitative estimate of drug-likeness (QED) is 0.798. The van der Waals surface area contributed by atoms with Gasteiger partial charge in [0.15, 0.2) is 0 Å². The molecule has 0 radical (unpaired) electrons. The van der Waals surface area contributed by atoms with E-state index in [0.717, 1.165) is 18.6 Å². The molecule has 1 nitrogen and oxygen atoms in total. The molecule has 2 rings (SSSR count). The first-order valence-electron chi connectivity index (χ1n) is 7.20. The molecule has 2 aromatic carbocycles. The molecule has 0 aliphatic rings. The number of hydrogen-bond donors (Lipinski definition) is 1. The zero-order valence-electron chi connectivity index (χ0n) is 11.9. The fraction of sp³-hybridized carbons (Fsp3) is 0.333. The second-order valence-corrected chi connectivity index (χ2v) is 6.12. The molecule has 0 saturated heterocycles. The van der Waals surface area contributed by atoms with Crippen LogP contribution in [0.15, 0.2) is 60.7 Å². The maximum Gasteiger partial charge on any atom is 0.0630 e. The highest BCUT2D eigenvalue weighted by Gasteiger charge is 2.16. The van der Waals surface area contributed by atoms with Crippen LogP contribution in [0.5, 0.6) is 0 Å². The zero-order valence-corrected chi connectivity index (χ0v) is 12.7. The minimum absolute atomic E-state index is 0.208. The average Bonchev–Trinajstić information content (AvgIpc) is 2.50. The van der Waals surface area contributed by atoms with Gasteiger partial charge in [-0.1, -0.05) is 74.0 Å². The van der Waals surface area contributed by atoms with E-state index in [9.17, 15) is 5.11 Å². The van der Waals surface area contributed by atoms with Crippen LogP contribution in [-0.4, -0.2) is 17.0 Å². The first-order valence-corrected chi connectivity index (χ1v) is 8.25. The number of rotatable bonds is 7. The van der Waals surface area contributed by atoms with Gasteiger partial charge in [-0.3, -0.25) is 0 Å². The SMILES string of the molecule is CCCC(O)CSC(c1ccccc1)c1ccccc1. The van der Waals surface area contributed by atoms with Gasteiger partial charge in [0.2, 0.25) is 0 Å². The van der Waals surface area contributed by atoms with Gasteiger partial charge < -0.3 is 5.11 Å². The van der Waals surface area contributed by atoms with Crippen LogP contribution in [0.1, 0.15) is 36.1 Å². The number of aliphatic hydroxyl groups is 1. The number of benzene rings is 2. The van der Waals surface area contributed by atoms with Gasteiger partial charge in [0.05, 0.1) is 11.4 Å². The number of thioether (sulfide) groups is 1. The molecule has 0 spiro atoms. The van der Waals surface area contributed by atoms with Crippen molar-refractivity contribution in [2.45, 2.75) is 31.1 Å². The van der Waals surface area contributed by atoms with Crippen LogP contribution >= 0.6 is 11.8 Å². The third-order valence-corrected chi connectivity index (χ3v) is 4.74. The average molecular weight is 286 g/mol. The molecule has 1 atom stereocenters. The van der Waals surface area contributed by atoms with E-state index in [1.807, 2.05) is 23.9 Å². The van der Waals surface area contributed by atoms with Gasteiger partial charge in [-0.25, -0.2) is 0 Å². The van der Waals surface area contributed by atoms with Gasteiger partial charge in [-0.05, 0) is 17.5 Å². The van der Waals surface area contributed by atoms with Crippen molar-refractivity contribution in [1.29, 1.82) is 0 Å². The van der Waals surface area contributed by atoms with Gasteiger partial charge in [0, 0.05) is 5.75 Å². The Hall–Kier alpha value is -1.25. The molecule has 0 amide bonds. The summed E-state index contributed by atoms with van der Waals surface area (Å²) in [4.78, 5) is 0. The van der Waals surface area contributed by atoms with E-state index in [1.165, 1.54) is 11.1 Å². The predicted octanol–water partition coefficient (Wildman–Crippen LogP) is 4.67. The van der Waals surface area contributed by atoms with Crippen molar-refractivity contribution < 1.29 is 5.11 Å². The van der Waals surface area contributed by atoms with Crippen molar-refractivity contribution in [2.24, 2.45) is 0 Å². The van der Waals surface area contributed by atoms with Crippen LogP contribution in [-0.2, 0) is 0 Å². The fourth-order valence-corrected chi connectivity index (χ4v) is 3.54. The third kappa shape index (κ3) is 4.39. The first-order chi connectivity index (χ1) is 9.81. The minimum atomic E-state index is -0.208. The lowest BCUT2D eigenvalue weighted by Gasteiger charge is -2.19. The topological polar surface area (TPSA) is 20.2 Å². The van der Waals surface area contributed by atoms with Crippen LogP contribution in [0.25, 0.3) is 0 Å². The van der Waals surface area contributed by atoms with Gasteiger partial charge in [0.1, 0.15) is 0 Å². The highest BCUT2D eigenvalue weighted by atomic mass is 32.2. The number of aliphatic hydroxyl groups excluding tert-OH is 1. The Kier molecular flexibility index (Phi) is 6.16. The molecule has 1 N–H and O–H groups in total. The Morgan fingerprint density at radius 3 is 1.85 bits per heavy atom. The molecule has 0 saturated carbocycles. The van der Waals surface area contributed by atoms with Crippen molar-refractivity contribution in [1.82, 2.24) is 0 Å². The molecule has 0 bridgehead atoms. The van der Waals surface area contributed by atoms with E-state index < -0.39 is 0 Å². The minimum Gasteiger partial charge on any atom is -0.392 e. The standard InChI is InChI=1S/C18H22OS/c1-2-9-17(19)14-20-18(15-10-5-3-6-11-15)16-12-7-4-8-13-16/h3-8,10-13,17-19H,2,9,14H2,1H3. The van der Waals surface area contributed by atoms with E-state index in [2.05, 4.69) is 55.5 Å². The van der Waals surface area contributed by atoms with E-state index >= 15 is 0 Å². The van der Waals surface area contributed by atoms with E-state index in [0.29, 0.717) is 5.25 Å². The lowest BCUT2D eigenvalue weighted by atomic mass is 10.0. The summed E-state index contributed by atoms with van der Waals surface area (Å²) in [5.74, 6) is 0.780.